The molecule has 0 radical (unpaired) electrons. The third-order valence-electron chi connectivity index (χ3n) is 2.92. The van der Waals surface area contributed by atoms with Crippen molar-refractivity contribution in [3.05, 3.63) is 53.5 Å². The van der Waals surface area contributed by atoms with Crippen molar-refractivity contribution in [3.8, 4) is 17.0 Å². The molecule has 1 aromatic carbocycles. The van der Waals surface area contributed by atoms with E-state index < -0.39 is 5.97 Å². The average molecular weight is 296 g/mol. The molecule has 0 aliphatic carbocycles. The van der Waals surface area contributed by atoms with Crippen LogP contribution in [0.25, 0.3) is 16.1 Å². The highest BCUT2D eigenvalue weighted by Gasteiger charge is 2.11. The Bertz CT molecular complexity index is 733. The molecule has 2 aromatic rings. The van der Waals surface area contributed by atoms with Gasteiger partial charge in [-0.1, -0.05) is 6.07 Å². The highest BCUT2D eigenvalue weighted by Crippen LogP contribution is 2.33. The smallest absolute Gasteiger partial charge is 0.337 e. The first-order valence-corrected chi connectivity index (χ1v) is 6.78. The molecule has 1 heterocycles. The monoisotopic (exact) mass is 296 g/mol. The van der Waals surface area contributed by atoms with Gasteiger partial charge in [-0.15, -0.1) is 0 Å². The zero-order valence-corrected chi connectivity index (χ0v) is 12.7. The Kier molecular flexibility index (Phi) is 4.74. The number of hydrogen-bond donors (Lipinski definition) is 0. The highest BCUT2D eigenvalue weighted by molar-refractivity contribution is 5.90. The minimum Gasteiger partial charge on any atom is -0.502 e. The molecule has 0 atom stereocenters. The van der Waals surface area contributed by atoms with Gasteiger partial charge in [-0.25, -0.2) is 9.64 Å². The summed E-state index contributed by atoms with van der Waals surface area (Å²) in [6.07, 6.45) is 1.53. The number of nitrogens with zero attached hydrogens (tertiary/aromatic N) is 2. The molecule has 0 bridgehead atoms. The topological polar surface area (TPSA) is 52.8 Å². The number of carbonyl (C=O) groups excluding carboxylic acids is 1. The van der Waals surface area contributed by atoms with Crippen LogP contribution in [0.5, 0.6) is 5.75 Å². The lowest BCUT2D eigenvalue weighted by Crippen LogP contribution is -2.05. The first-order chi connectivity index (χ1) is 10.5. The number of methoxy groups -OCH3 is 1. The van der Waals surface area contributed by atoms with Gasteiger partial charge in [0.1, 0.15) is 5.75 Å². The molecule has 22 heavy (non-hydrogen) atoms. The predicted molar refractivity (Wildman–Crippen MR) is 83.0 cm³/mol. The number of carbonyl (C=O) groups is 1. The summed E-state index contributed by atoms with van der Waals surface area (Å²) in [6.45, 7) is 11.1. The Hall–Kier alpha value is -2.87. The average Bonchev–Trinajstić information content (AvgIpc) is 2.54. The lowest BCUT2D eigenvalue weighted by Gasteiger charge is -2.12. The minimum absolute atomic E-state index is 0.00729. The van der Waals surface area contributed by atoms with E-state index in [4.69, 9.17) is 16.0 Å². The van der Waals surface area contributed by atoms with Crippen LogP contribution in [0.2, 0.25) is 0 Å². The molecule has 2 rings (SSSR count). The predicted octanol–water partition coefficient (Wildman–Crippen LogP) is 3.87. The fourth-order valence-corrected chi connectivity index (χ4v) is 1.95. The molecular formula is C17H16N2O3. The van der Waals surface area contributed by atoms with Gasteiger partial charge in [0.2, 0.25) is 5.69 Å². The van der Waals surface area contributed by atoms with Crippen molar-refractivity contribution in [1.29, 1.82) is 0 Å². The molecule has 0 amide bonds. The summed E-state index contributed by atoms with van der Waals surface area (Å²) in [5.41, 5.74) is 2.17. The second kappa shape index (κ2) is 6.72. The maximum Gasteiger partial charge on any atom is 0.337 e. The second-order valence-electron chi connectivity index (χ2n) is 4.88. The first kappa shape index (κ1) is 15.5. The van der Waals surface area contributed by atoms with E-state index in [0.717, 1.165) is 5.56 Å². The minimum atomic E-state index is -0.422. The second-order valence-corrected chi connectivity index (χ2v) is 4.88. The largest absolute Gasteiger partial charge is 0.502 e. The van der Waals surface area contributed by atoms with Crippen LogP contribution in [-0.2, 0) is 4.74 Å². The fourth-order valence-electron chi connectivity index (χ4n) is 1.95. The Labute approximate surface area is 129 Å². The molecule has 0 unspecified atom stereocenters. The zero-order valence-electron chi connectivity index (χ0n) is 12.7. The lowest BCUT2D eigenvalue weighted by molar-refractivity contribution is 0.0600. The van der Waals surface area contributed by atoms with Gasteiger partial charge in [0.25, 0.3) is 0 Å². The van der Waals surface area contributed by atoms with Crippen molar-refractivity contribution in [2.24, 2.45) is 0 Å². The molecule has 5 nitrogen and oxygen atoms in total. The molecule has 0 fully saturated rings. The van der Waals surface area contributed by atoms with Crippen LogP contribution in [-0.4, -0.2) is 24.2 Å². The normalized spacial score (nSPS) is 10.1. The van der Waals surface area contributed by atoms with E-state index in [9.17, 15) is 4.79 Å². The summed E-state index contributed by atoms with van der Waals surface area (Å²) >= 11 is 0. The van der Waals surface area contributed by atoms with Crippen LogP contribution in [0, 0.1) is 6.57 Å². The van der Waals surface area contributed by atoms with Gasteiger partial charge < -0.3 is 9.47 Å². The van der Waals surface area contributed by atoms with E-state index in [1.807, 2.05) is 19.9 Å². The van der Waals surface area contributed by atoms with E-state index >= 15 is 0 Å². The van der Waals surface area contributed by atoms with E-state index in [1.165, 1.54) is 13.3 Å². The van der Waals surface area contributed by atoms with Crippen LogP contribution < -0.4 is 4.74 Å². The number of esters is 1. The number of pyridine rings is 1. The highest BCUT2D eigenvalue weighted by atomic mass is 16.5. The van der Waals surface area contributed by atoms with Crippen molar-refractivity contribution >= 4 is 11.7 Å². The number of aromatic nitrogens is 1. The Morgan fingerprint density at radius 2 is 2.05 bits per heavy atom. The van der Waals surface area contributed by atoms with Crippen molar-refractivity contribution in [2.75, 3.05) is 7.11 Å². The van der Waals surface area contributed by atoms with Crippen LogP contribution in [0.15, 0.2) is 36.5 Å². The summed E-state index contributed by atoms with van der Waals surface area (Å²) in [4.78, 5) is 19.3. The fraction of sp³-hybridized carbons (Fsp3) is 0.235. The van der Waals surface area contributed by atoms with Crippen molar-refractivity contribution < 1.29 is 14.3 Å². The van der Waals surface area contributed by atoms with Crippen LogP contribution in [0.3, 0.4) is 0 Å². The van der Waals surface area contributed by atoms with E-state index in [2.05, 4.69) is 9.83 Å². The first-order valence-electron chi connectivity index (χ1n) is 6.78. The third kappa shape index (κ3) is 3.41. The Morgan fingerprint density at radius 3 is 2.68 bits per heavy atom. The van der Waals surface area contributed by atoms with Gasteiger partial charge in [0.15, 0.2) is 0 Å². The quantitative estimate of drug-likeness (QED) is 0.635. The SMILES string of the molecule is [C-]#[N+]c1cc(-c2cc(C(=O)OC)ccn2)ccc1OC(C)C. The van der Waals surface area contributed by atoms with Crippen LogP contribution in [0.1, 0.15) is 24.2 Å². The van der Waals surface area contributed by atoms with Gasteiger partial charge >= 0.3 is 5.97 Å². The van der Waals surface area contributed by atoms with Crippen molar-refractivity contribution in [3.63, 3.8) is 0 Å². The zero-order chi connectivity index (χ0) is 16.1. The molecule has 0 N–H and O–H groups in total. The standard InChI is InChI=1S/C17H16N2O3/c1-11(2)22-16-6-5-12(9-15(16)18-3)14-10-13(7-8-19-14)17(20)21-4/h5-11H,1-2,4H3. The van der Waals surface area contributed by atoms with Gasteiger partial charge in [0, 0.05) is 6.20 Å². The molecule has 0 spiro atoms. The van der Waals surface area contributed by atoms with Gasteiger partial charge in [0.05, 0.1) is 31.0 Å². The molecular weight excluding hydrogens is 280 g/mol. The number of hydrogen-bond acceptors (Lipinski definition) is 4. The van der Waals surface area contributed by atoms with Gasteiger partial charge in [-0.2, -0.15) is 0 Å². The number of ether oxygens (including phenoxy) is 2. The van der Waals surface area contributed by atoms with E-state index in [1.54, 1.807) is 24.3 Å². The van der Waals surface area contributed by atoms with E-state index in [0.29, 0.717) is 22.7 Å². The molecule has 5 heteroatoms. The number of rotatable bonds is 4. The Balaban J connectivity index is 2.41. The third-order valence-corrected chi connectivity index (χ3v) is 2.92. The summed E-state index contributed by atoms with van der Waals surface area (Å²) in [6, 6.07) is 8.48. The summed E-state index contributed by atoms with van der Waals surface area (Å²) < 4.78 is 10.3. The van der Waals surface area contributed by atoms with Gasteiger partial charge in [-0.05, 0) is 43.7 Å². The summed E-state index contributed by atoms with van der Waals surface area (Å²) in [5, 5.41) is 0. The Morgan fingerprint density at radius 1 is 1.27 bits per heavy atom. The molecule has 112 valence electrons. The molecule has 0 aliphatic rings. The van der Waals surface area contributed by atoms with Crippen molar-refractivity contribution in [2.45, 2.75) is 20.0 Å². The van der Waals surface area contributed by atoms with E-state index in [-0.39, 0.29) is 6.10 Å². The van der Waals surface area contributed by atoms with Crippen molar-refractivity contribution in [1.82, 2.24) is 4.98 Å². The maximum atomic E-state index is 11.6. The lowest BCUT2D eigenvalue weighted by atomic mass is 10.1. The molecule has 0 saturated carbocycles. The van der Waals surface area contributed by atoms with Crippen LogP contribution >= 0.6 is 0 Å². The summed E-state index contributed by atoms with van der Waals surface area (Å²) in [5.74, 6) is 0.117. The van der Waals surface area contributed by atoms with Gasteiger partial charge in [-0.3, -0.25) is 4.98 Å². The molecule has 0 saturated heterocycles. The summed E-state index contributed by atoms with van der Waals surface area (Å²) in [7, 11) is 1.33. The van der Waals surface area contributed by atoms with Crippen LogP contribution in [0.4, 0.5) is 5.69 Å². The molecule has 0 aliphatic heterocycles. The molecule has 1 aromatic heterocycles. The number of benzene rings is 1. The maximum absolute atomic E-state index is 11.6.